The first-order valence-corrected chi connectivity index (χ1v) is 8.41. The van der Waals surface area contributed by atoms with Crippen molar-refractivity contribution in [3.05, 3.63) is 29.3 Å². The lowest BCUT2D eigenvalue weighted by molar-refractivity contribution is 0.199. The molecule has 1 saturated heterocycles. The average molecular weight is 306 g/mol. The minimum absolute atomic E-state index is 0.732. The second kappa shape index (κ2) is 9.82. The van der Waals surface area contributed by atoms with E-state index >= 15 is 0 Å². The van der Waals surface area contributed by atoms with Gasteiger partial charge in [0, 0.05) is 32.3 Å². The zero-order valence-corrected chi connectivity index (χ0v) is 14.1. The van der Waals surface area contributed by atoms with Gasteiger partial charge in [-0.25, -0.2) is 0 Å². The molecule has 0 bridgehead atoms. The maximum Gasteiger partial charge on any atom is 0.123 e. The molecule has 1 aliphatic rings. The van der Waals surface area contributed by atoms with Gasteiger partial charge in [-0.15, -0.1) is 0 Å². The fourth-order valence-corrected chi connectivity index (χ4v) is 2.98. The van der Waals surface area contributed by atoms with Gasteiger partial charge in [-0.2, -0.15) is 0 Å². The highest BCUT2D eigenvalue weighted by Crippen LogP contribution is 2.22. The van der Waals surface area contributed by atoms with Crippen LogP contribution in [0.4, 0.5) is 0 Å². The van der Waals surface area contributed by atoms with Gasteiger partial charge in [-0.3, -0.25) is 4.90 Å². The summed E-state index contributed by atoms with van der Waals surface area (Å²) in [6.45, 7) is 5.89. The van der Waals surface area contributed by atoms with Crippen molar-refractivity contribution in [3.63, 3.8) is 0 Å². The largest absolute Gasteiger partial charge is 0.496 e. The summed E-state index contributed by atoms with van der Waals surface area (Å²) in [6.07, 6.45) is 5.43. The lowest BCUT2D eigenvalue weighted by atomic mass is 10.1. The van der Waals surface area contributed by atoms with E-state index in [1.807, 2.05) is 0 Å². The van der Waals surface area contributed by atoms with E-state index in [4.69, 9.17) is 9.47 Å². The van der Waals surface area contributed by atoms with E-state index in [0.29, 0.717) is 0 Å². The molecule has 1 aliphatic heterocycles. The van der Waals surface area contributed by atoms with Gasteiger partial charge in [0.1, 0.15) is 5.75 Å². The number of hydrogen-bond donors (Lipinski definition) is 1. The van der Waals surface area contributed by atoms with Crippen LogP contribution in [0.25, 0.3) is 0 Å². The summed E-state index contributed by atoms with van der Waals surface area (Å²) in [5.74, 6) is 0.984. The van der Waals surface area contributed by atoms with Crippen molar-refractivity contribution < 1.29 is 9.47 Å². The van der Waals surface area contributed by atoms with E-state index in [9.17, 15) is 0 Å². The summed E-state index contributed by atoms with van der Waals surface area (Å²) >= 11 is 0. The van der Waals surface area contributed by atoms with E-state index in [1.54, 1.807) is 14.2 Å². The maximum absolute atomic E-state index is 5.57. The normalized spacial score (nSPS) is 16.5. The molecule has 4 nitrogen and oxygen atoms in total. The number of nitrogens with zero attached hydrogens (tertiary/aromatic N) is 1. The van der Waals surface area contributed by atoms with Crippen molar-refractivity contribution >= 4 is 0 Å². The SMILES string of the molecule is COCCNCc1ccc(CN2CCCCCC2)cc1OC. The number of likely N-dealkylation sites (tertiary alicyclic amines) is 1. The van der Waals surface area contributed by atoms with E-state index in [2.05, 4.69) is 28.4 Å². The van der Waals surface area contributed by atoms with E-state index in [-0.39, 0.29) is 0 Å². The molecule has 0 saturated carbocycles. The highest BCUT2D eigenvalue weighted by atomic mass is 16.5. The summed E-state index contributed by atoms with van der Waals surface area (Å²) in [6, 6.07) is 6.62. The van der Waals surface area contributed by atoms with Crippen molar-refractivity contribution in [1.82, 2.24) is 10.2 Å². The summed E-state index contributed by atoms with van der Waals surface area (Å²) in [5.41, 5.74) is 2.55. The molecule has 1 aromatic rings. The summed E-state index contributed by atoms with van der Waals surface area (Å²) in [5, 5.41) is 3.37. The first-order valence-electron chi connectivity index (χ1n) is 8.41. The Morgan fingerprint density at radius 3 is 2.55 bits per heavy atom. The molecule has 0 unspecified atom stereocenters. The lowest BCUT2D eigenvalue weighted by Gasteiger charge is -2.20. The number of hydrogen-bond acceptors (Lipinski definition) is 4. The lowest BCUT2D eigenvalue weighted by Crippen LogP contribution is -2.24. The standard InChI is InChI=1S/C18H30N2O2/c1-21-12-9-19-14-17-8-7-16(13-18(17)22-2)15-20-10-5-3-4-6-11-20/h7-8,13,19H,3-6,9-12,14-15H2,1-2H3. The average Bonchev–Trinajstić information content (AvgIpc) is 2.81. The number of ether oxygens (including phenoxy) is 2. The summed E-state index contributed by atoms with van der Waals surface area (Å²) in [7, 11) is 3.48. The number of rotatable bonds is 8. The molecule has 1 N–H and O–H groups in total. The molecule has 0 aliphatic carbocycles. The molecule has 2 rings (SSSR count). The zero-order valence-electron chi connectivity index (χ0n) is 14.1. The van der Waals surface area contributed by atoms with Gasteiger partial charge in [0.2, 0.25) is 0 Å². The van der Waals surface area contributed by atoms with Crippen LogP contribution in [0.2, 0.25) is 0 Å². The Balaban J connectivity index is 1.92. The van der Waals surface area contributed by atoms with Crippen molar-refractivity contribution in [2.24, 2.45) is 0 Å². The van der Waals surface area contributed by atoms with Crippen LogP contribution in [0.15, 0.2) is 18.2 Å². The number of nitrogens with one attached hydrogen (secondary N) is 1. The monoisotopic (exact) mass is 306 g/mol. The molecular formula is C18H30N2O2. The Labute approximate surface area is 134 Å². The molecule has 124 valence electrons. The van der Waals surface area contributed by atoms with E-state index in [0.717, 1.165) is 32.0 Å². The van der Waals surface area contributed by atoms with Crippen LogP contribution < -0.4 is 10.1 Å². The molecule has 0 amide bonds. The first kappa shape index (κ1) is 17.3. The number of benzene rings is 1. The quantitative estimate of drug-likeness (QED) is 0.749. The molecule has 0 spiro atoms. The minimum atomic E-state index is 0.732. The van der Waals surface area contributed by atoms with Gasteiger partial charge in [0.15, 0.2) is 0 Å². The van der Waals surface area contributed by atoms with Crippen LogP contribution in [0.1, 0.15) is 36.8 Å². The molecule has 1 aromatic carbocycles. The van der Waals surface area contributed by atoms with Crippen LogP contribution in [0.3, 0.4) is 0 Å². The third-order valence-corrected chi connectivity index (χ3v) is 4.25. The fraction of sp³-hybridized carbons (Fsp3) is 0.667. The van der Waals surface area contributed by atoms with Gasteiger partial charge in [0.05, 0.1) is 13.7 Å². The summed E-state index contributed by atoms with van der Waals surface area (Å²) in [4.78, 5) is 2.57. The van der Waals surface area contributed by atoms with Gasteiger partial charge < -0.3 is 14.8 Å². The predicted octanol–water partition coefficient (Wildman–Crippen LogP) is 2.81. The predicted molar refractivity (Wildman–Crippen MR) is 90.3 cm³/mol. The van der Waals surface area contributed by atoms with Crippen LogP contribution in [-0.4, -0.2) is 45.4 Å². The van der Waals surface area contributed by atoms with Crippen LogP contribution in [-0.2, 0) is 17.8 Å². The molecule has 0 aromatic heterocycles. The third-order valence-electron chi connectivity index (χ3n) is 4.25. The van der Waals surface area contributed by atoms with Gasteiger partial charge in [0.25, 0.3) is 0 Å². The van der Waals surface area contributed by atoms with E-state index in [1.165, 1.54) is 49.9 Å². The smallest absolute Gasteiger partial charge is 0.123 e. The second-order valence-electron chi connectivity index (χ2n) is 6.01. The Bertz CT molecular complexity index is 429. The van der Waals surface area contributed by atoms with E-state index < -0.39 is 0 Å². The molecular weight excluding hydrogens is 276 g/mol. The molecule has 1 heterocycles. The molecule has 0 radical (unpaired) electrons. The Kier molecular flexibility index (Phi) is 7.71. The van der Waals surface area contributed by atoms with Gasteiger partial charge >= 0.3 is 0 Å². The van der Waals surface area contributed by atoms with Gasteiger partial charge in [-0.1, -0.05) is 25.0 Å². The van der Waals surface area contributed by atoms with Gasteiger partial charge in [-0.05, 0) is 37.6 Å². The summed E-state index contributed by atoms with van der Waals surface area (Å²) < 4.78 is 10.6. The first-order chi connectivity index (χ1) is 10.8. The van der Waals surface area contributed by atoms with Crippen molar-refractivity contribution in [2.75, 3.05) is 40.5 Å². The van der Waals surface area contributed by atoms with Crippen molar-refractivity contribution in [3.8, 4) is 5.75 Å². The highest BCUT2D eigenvalue weighted by molar-refractivity contribution is 5.37. The molecule has 4 heteroatoms. The third kappa shape index (κ3) is 5.59. The van der Waals surface area contributed by atoms with Crippen molar-refractivity contribution in [1.29, 1.82) is 0 Å². The van der Waals surface area contributed by atoms with Crippen molar-refractivity contribution in [2.45, 2.75) is 38.8 Å². The van der Waals surface area contributed by atoms with Crippen LogP contribution in [0.5, 0.6) is 5.75 Å². The fourth-order valence-electron chi connectivity index (χ4n) is 2.98. The second-order valence-corrected chi connectivity index (χ2v) is 6.01. The van der Waals surface area contributed by atoms with Crippen LogP contribution >= 0.6 is 0 Å². The molecule has 1 fully saturated rings. The number of methoxy groups -OCH3 is 2. The highest BCUT2D eigenvalue weighted by Gasteiger charge is 2.11. The Morgan fingerprint density at radius 1 is 1.09 bits per heavy atom. The molecule has 0 atom stereocenters. The minimum Gasteiger partial charge on any atom is -0.496 e. The maximum atomic E-state index is 5.57. The topological polar surface area (TPSA) is 33.7 Å². The Morgan fingerprint density at radius 2 is 1.86 bits per heavy atom. The molecule has 22 heavy (non-hydrogen) atoms. The Hall–Kier alpha value is -1.10. The zero-order chi connectivity index (χ0) is 15.6. The van der Waals surface area contributed by atoms with Crippen LogP contribution in [0, 0.1) is 0 Å².